The van der Waals surface area contributed by atoms with E-state index < -0.39 is 0 Å². The molecular weight excluding hydrogens is 603 g/mol. The third kappa shape index (κ3) is 3.85. The Morgan fingerprint density at radius 2 is 1.15 bits per heavy atom. The van der Waals surface area contributed by atoms with Gasteiger partial charge >= 0.3 is 0 Å². The number of thiophene rings is 1. The molecule has 10 rings (SSSR count). The van der Waals surface area contributed by atoms with E-state index in [9.17, 15) is 0 Å². The summed E-state index contributed by atoms with van der Waals surface area (Å²) in [6.45, 7) is 4.70. The molecule has 7 aromatic carbocycles. The van der Waals surface area contributed by atoms with Crippen LogP contribution in [-0.4, -0.2) is 0 Å². The zero-order valence-electron chi connectivity index (χ0n) is 26.7. The first-order valence-electron chi connectivity index (χ1n) is 16.5. The number of hydrogen-bond acceptors (Lipinski definition) is 3. The maximum Gasteiger partial charge on any atom is 0.137 e. The predicted molar refractivity (Wildman–Crippen MR) is 204 cm³/mol. The normalized spacial score (nSPS) is 13.4. The average molecular weight is 634 g/mol. The Balaban J connectivity index is 1.29. The minimum Gasteiger partial charge on any atom is -0.456 e. The number of nitrogens with zero attached hydrogens (tertiary/aromatic N) is 1. The van der Waals surface area contributed by atoms with Gasteiger partial charge in [0.15, 0.2) is 0 Å². The van der Waals surface area contributed by atoms with Crippen molar-refractivity contribution in [3.8, 4) is 22.3 Å². The molecule has 0 spiro atoms. The van der Waals surface area contributed by atoms with Crippen LogP contribution in [0.15, 0.2) is 156 Å². The van der Waals surface area contributed by atoms with Crippen LogP contribution in [0, 0.1) is 0 Å². The van der Waals surface area contributed by atoms with E-state index >= 15 is 0 Å². The molecular formula is C45H31NOS. The van der Waals surface area contributed by atoms with Gasteiger partial charge in [-0.1, -0.05) is 117 Å². The van der Waals surface area contributed by atoms with Crippen LogP contribution < -0.4 is 4.90 Å². The Hall–Kier alpha value is -5.64. The number of rotatable bonds is 4. The van der Waals surface area contributed by atoms with Crippen LogP contribution in [0.4, 0.5) is 17.1 Å². The molecule has 2 nitrogen and oxygen atoms in total. The van der Waals surface area contributed by atoms with Crippen LogP contribution in [0.1, 0.15) is 25.0 Å². The molecule has 0 saturated heterocycles. The Labute approximate surface area is 283 Å². The van der Waals surface area contributed by atoms with Gasteiger partial charge in [-0.25, -0.2) is 0 Å². The van der Waals surface area contributed by atoms with Gasteiger partial charge < -0.3 is 9.32 Å². The molecule has 0 radical (unpaired) electrons. The van der Waals surface area contributed by atoms with Crippen molar-refractivity contribution < 1.29 is 4.42 Å². The van der Waals surface area contributed by atoms with Crippen LogP contribution in [-0.2, 0) is 5.41 Å². The molecule has 0 fully saturated rings. The van der Waals surface area contributed by atoms with Crippen molar-refractivity contribution in [2.75, 3.05) is 4.90 Å². The van der Waals surface area contributed by atoms with Gasteiger partial charge in [-0.3, -0.25) is 0 Å². The van der Waals surface area contributed by atoms with E-state index in [2.05, 4.69) is 164 Å². The summed E-state index contributed by atoms with van der Waals surface area (Å²) >= 11 is 1.86. The van der Waals surface area contributed by atoms with Crippen LogP contribution in [0.5, 0.6) is 0 Å². The lowest BCUT2D eigenvalue weighted by atomic mass is 9.82. The highest BCUT2D eigenvalue weighted by Crippen LogP contribution is 2.55. The summed E-state index contributed by atoms with van der Waals surface area (Å²) in [5.41, 5.74) is 12.8. The van der Waals surface area contributed by atoms with Gasteiger partial charge in [0.05, 0.1) is 11.4 Å². The van der Waals surface area contributed by atoms with Gasteiger partial charge in [0, 0.05) is 59.2 Å². The second-order valence-electron chi connectivity index (χ2n) is 13.3. The summed E-state index contributed by atoms with van der Waals surface area (Å²) in [5.74, 6) is 0. The SMILES string of the molecule is CC1(C)c2ccccc2-c2c(N(c3ccc4c(c3)oc3ccccc34)c3ccccc3-c3cccc4sc5ccccc5c34)cccc21. The van der Waals surface area contributed by atoms with Crippen LogP contribution in [0.3, 0.4) is 0 Å². The molecule has 2 aromatic heterocycles. The fraction of sp³-hybridized carbons (Fsp3) is 0.0667. The second kappa shape index (κ2) is 10.2. The number of anilines is 3. The van der Waals surface area contributed by atoms with Gasteiger partial charge in [-0.2, -0.15) is 0 Å². The maximum absolute atomic E-state index is 6.48. The largest absolute Gasteiger partial charge is 0.456 e. The lowest BCUT2D eigenvalue weighted by Crippen LogP contribution is -2.16. The lowest BCUT2D eigenvalue weighted by Gasteiger charge is -2.30. The smallest absolute Gasteiger partial charge is 0.137 e. The number of para-hydroxylation sites is 2. The monoisotopic (exact) mass is 633 g/mol. The highest BCUT2D eigenvalue weighted by Gasteiger charge is 2.38. The third-order valence-electron chi connectivity index (χ3n) is 10.3. The predicted octanol–water partition coefficient (Wildman–Crippen LogP) is 13.4. The first kappa shape index (κ1) is 27.5. The molecule has 0 aliphatic heterocycles. The zero-order valence-corrected chi connectivity index (χ0v) is 27.5. The Morgan fingerprint density at radius 3 is 2.06 bits per heavy atom. The summed E-state index contributed by atoms with van der Waals surface area (Å²) in [6, 6.07) is 55.2. The zero-order chi connectivity index (χ0) is 32.0. The molecule has 228 valence electrons. The van der Waals surface area contributed by atoms with E-state index in [0.717, 1.165) is 39.0 Å². The van der Waals surface area contributed by atoms with Gasteiger partial charge in [0.25, 0.3) is 0 Å². The van der Waals surface area contributed by atoms with E-state index in [1.807, 2.05) is 17.4 Å². The van der Waals surface area contributed by atoms with E-state index in [1.54, 1.807) is 0 Å². The lowest BCUT2D eigenvalue weighted by molar-refractivity contribution is 0.660. The highest BCUT2D eigenvalue weighted by molar-refractivity contribution is 7.25. The van der Waals surface area contributed by atoms with Crippen molar-refractivity contribution in [2.24, 2.45) is 0 Å². The van der Waals surface area contributed by atoms with Crippen molar-refractivity contribution in [3.63, 3.8) is 0 Å². The highest BCUT2D eigenvalue weighted by atomic mass is 32.1. The summed E-state index contributed by atoms with van der Waals surface area (Å²) in [7, 11) is 0. The van der Waals surface area contributed by atoms with Gasteiger partial charge in [0.1, 0.15) is 11.2 Å². The quantitative estimate of drug-likeness (QED) is 0.192. The van der Waals surface area contributed by atoms with Crippen LogP contribution in [0.25, 0.3) is 64.4 Å². The van der Waals surface area contributed by atoms with E-state index in [-0.39, 0.29) is 5.41 Å². The Bertz CT molecular complexity index is 2730. The van der Waals surface area contributed by atoms with Crippen molar-refractivity contribution in [1.29, 1.82) is 0 Å². The second-order valence-corrected chi connectivity index (χ2v) is 14.4. The van der Waals surface area contributed by atoms with Gasteiger partial charge in [-0.05, 0) is 64.7 Å². The number of hydrogen-bond donors (Lipinski definition) is 0. The maximum atomic E-state index is 6.48. The fourth-order valence-corrected chi connectivity index (χ4v) is 9.21. The van der Waals surface area contributed by atoms with Crippen molar-refractivity contribution in [2.45, 2.75) is 19.3 Å². The Morgan fingerprint density at radius 1 is 0.500 bits per heavy atom. The third-order valence-corrected chi connectivity index (χ3v) is 11.4. The minimum atomic E-state index is -0.114. The Kier molecular flexibility index (Phi) is 5.82. The summed E-state index contributed by atoms with van der Waals surface area (Å²) in [4.78, 5) is 2.46. The molecule has 9 aromatic rings. The summed E-state index contributed by atoms with van der Waals surface area (Å²) < 4.78 is 9.09. The van der Waals surface area contributed by atoms with E-state index in [1.165, 1.54) is 53.6 Å². The van der Waals surface area contributed by atoms with Gasteiger partial charge in [-0.15, -0.1) is 11.3 Å². The number of benzene rings is 7. The summed E-state index contributed by atoms with van der Waals surface area (Å²) in [6.07, 6.45) is 0. The molecule has 0 unspecified atom stereocenters. The first-order chi connectivity index (χ1) is 23.6. The molecule has 1 aliphatic rings. The fourth-order valence-electron chi connectivity index (χ4n) is 8.08. The number of furan rings is 1. The van der Waals surface area contributed by atoms with Crippen LogP contribution >= 0.6 is 11.3 Å². The van der Waals surface area contributed by atoms with Crippen molar-refractivity contribution >= 4 is 70.5 Å². The number of fused-ring (bicyclic) bond motifs is 9. The first-order valence-corrected chi connectivity index (χ1v) is 17.3. The molecule has 2 heterocycles. The van der Waals surface area contributed by atoms with Crippen molar-refractivity contribution in [3.05, 3.63) is 163 Å². The molecule has 0 amide bonds. The standard InChI is InChI=1S/C45H31NOS/c1-45(2)35-18-7-3-15-33(35)44-36(45)19-12-21-38(44)46(28-25-26-31-30-14-5-9-22-39(30)47-40(31)27-28)37-20-8-4-13-29(37)32-17-11-24-42-43(32)34-16-6-10-23-41(34)48-42/h3-27H,1-2H3. The molecule has 0 saturated carbocycles. The molecule has 0 bridgehead atoms. The molecule has 48 heavy (non-hydrogen) atoms. The van der Waals surface area contributed by atoms with Gasteiger partial charge in [0.2, 0.25) is 0 Å². The summed E-state index contributed by atoms with van der Waals surface area (Å²) in [5, 5.41) is 4.87. The molecule has 1 aliphatic carbocycles. The van der Waals surface area contributed by atoms with E-state index in [0.29, 0.717) is 0 Å². The van der Waals surface area contributed by atoms with Crippen molar-refractivity contribution in [1.82, 2.24) is 0 Å². The van der Waals surface area contributed by atoms with Crippen LogP contribution in [0.2, 0.25) is 0 Å². The topological polar surface area (TPSA) is 16.4 Å². The molecule has 0 atom stereocenters. The molecule has 0 N–H and O–H groups in total. The average Bonchev–Trinajstić information content (AvgIpc) is 3.77. The molecule has 3 heteroatoms. The minimum absolute atomic E-state index is 0.114. The van der Waals surface area contributed by atoms with E-state index in [4.69, 9.17) is 4.42 Å².